The molecule has 3 aromatic rings. The quantitative estimate of drug-likeness (QED) is 0.336. The molecule has 90 valence electrons. The number of anilines is 2. The highest BCUT2D eigenvalue weighted by Gasteiger charge is 2.13. The van der Waals surface area contributed by atoms with Crippen molar-refractivity contribution in [1.29, 1.82) is 5.41 Å². The van der Waals surface area contributed by atoms with E-state index in [-0.39, 0.29) is 22.6 Å². The minimum absolute atomic E-state index is 0.0419. The number of pyridine rings is 1. The number of nitrogens with two attached hydrogens (primary N) is 2. The molecule has 0 saturated heterocycles. The molecule has 0 aliphatic carbocycles. The van der Waals surface area contributed by atoms with Crippen molar-refractivity contribution in [3.8, 4) is 0 Å². The van der Waals surface area contributed by atoms with Crippen molar-refractivity contribution in [3.05, 3.63) is 29.8 Å². The second-order valence-electron chi connectivity index (χ2n) is 3.87. The van der Waals surface area contributed by atoms with Crippen LogP contribution < -0.4 is 17.0 Å². The van der Waals surface area contributed by atoms with E-state index in [9.17, 15) is 5.21 Å². The number of benzene rings is 1. The molecule has 0 atom stereocenters. The van der Waals surface area contributed by atoms with Gasteiger partial charge in [-0.3, -0.25) is 5.41 Å². The summed E-state index contributed by atoms with van der Waals surface area (Å²) < 4.78 is 0.758. The van der Waals surface area contributed by atoms with E-state index in [1.807, 2.05) is 0 Å². The molecule has 3 rings (SSSR count). The van der Waals surface area contributed by atoms with Gasteiger partial charge in [-0.05, 0) is 6.07 Å². The third kappa shape index (κ3) is 1.21. The molecule has 0 bridgehead atoms. The lowest BCUT2D eigenvalue weighted by Crippen LogP contribution is -2.21. The van der Waals surface area contributed by atoms with E-state index in [4.69, 9.17) is 16.9 Å². The maximum Gasteiger partial charge on any atom is 0.222 e. The van der Waals surface area contributed by atoms with Gasteiger partial charge in [0.2, 0.25) is 5.95 Å². The van der Waals surface area contributed by atoms with Crippen LogP contribution in [-0.2, 0) is 0 Å². The molecule has 0 amide bonds. The first-order chi connectivity index (χ1) is 8.59. The number of hydrogen-bond acceptors (Lipinski definition) is 6. The molecule has 0 radical (unpaired) electrons. The Morgan fingerprint density at radius 3 is 2.67 bits per heavy atom. The molecule has 2 aromatic heterocycles. The summed E-state index contributed by atoms with van der Waals surface area (Å²) in [6.45, 7) is 0. The van der Waals surface area contributed by atoms with E-state index in [0.717, 1.165) is 4.73 Å². The summed E-state index contributed by atoms with van der Waals surface area (Å²) in [5.41, 5.74) is 12.1. The highest BCUT2D eigenvalue weighted by molar-refractivity contribution is 6.06. The Balaban J connectivity index is 2.74. The van der Waals surface area contributed by atoms with Gasteiger partial charge in [0.25, 0.3) is 0 Å². The lowest BCUT2D eigenvalue weighted by atomic mass is 10.1. The number of para-hydroxylation sites is 1. The van der Waals surface area contributed by atoms with Crippen LogP contribution in [0.2, 0.25) is 0 Å². The summed E-state index contributed by atoms with van der Waals surface area (Å²) in [4.78, 5) is 7.92. The Hall–Kier alpha value is -2.83. The Bertz CT molecular complexity index is 838. The minimum atomic E-state index is -0.166. The number of nitrogens with one attached hydrogen (secondary N) is 1. The Kier molecular flexibility index (Phi) is 1.91. The molecule has 1 aromatic carbocycles. The zero-order valence-electron chi connectivity index (χ0n) is 9.25. The van der Waals surface area contributed by atoms with Crippen LogP contribution in [0.1, 0.15) is 0 Å². The summed E-state index contributed by atoms with van der Waals surface area (Å²) in [6, 6.07) is 7.02. The molecule has 0 aliphatic heterocycles. The lowest BCUT2D eigenvalue weighted by molar-refractivity contribution is 0.186. The van der Waals surface area contributed by atoms with Crippen LogP contribution in [0.15, 0.2) is 24.3 Å². The normalized spacial score (nSPS) is 11.1. The number of nitrogens with zero attached hydrogens (tertiary/aromatic N) is 3. The van der Waals surface area contributed by atoms with Gasteiger partial charge >= 0.3 is 0 Å². The van der Waals surface area contributed by atoms with Crippen LogP contribution in [0.25, 0.3) is 21.8 Å². The predicted octanol–water partition coefficient (Wildman–Crippen LogP) is 0.466. The van der Waals surface area contributed by atoms with Gasteiger partial charge in [0.1, 0.15) is 5.82 Å². The highest BCUT2D eigenvalue weighted by Crippen LogP contribution is 2.23. The molecule has 0 saturated carbocycles. The minimum Gasteiger partial charge on any atom is -0.426 e. The monoisotopic (exact) mass is 242 g/mol. The first-order valence-corrected chi connectivity index (χ1v) is 5.20. The van der Waals surface area contributed by atoms with Crippen molar-refractivity contribution in [2.75, 3.05) is 11.5 Å². The molecule has 7 nitrogen and oxygen atoms in total. The molecule has 6 N–H and O–H groups in total. The first-order valence-electron chi connectivity index (χ1n) is 5.20. The molecular weight excluding hydrogens is 232 g/mol. The van der Waals surface area contributed by atoms with Crippen molar-refractivity contribution in [2.45, 2.75) is 0 Å². The largest absolute Gasteiger partial charge is 0.426 e. The number of aromatic nitrogens is 3. The number of hydrogen-bond donors (Lipinski definition) is 4. The van der Waals surface area contributed by atoms with E-state index in [1.54, 1.807) is 24.3 Å². The van der Waals surface area contributed by atoms with Crippen LogP contribution >= 0.6 is 0 Å². The second kappa shape index (κ2) is 3.33. The fraction of sp³-hybridized carbons (Fsp3) is 0. The fourth-order valence-electron chi connectivity index (χ4n) is 2.01. The van der Waals surface area contributed by atoms with Crippen molar-refractivity contribution < 1.29 is 5.21 Å². The van der Waals surface area contributed by atoms with Gasteiger partial charge < -0.3 is 16.7 Å². The Labute approximate surface area is 101 Å². The van der Waals surface area contributed by atoms with Crippen LogP contribution in [0.4, 0.5) is 11.8 Å². The van der Waals surface area contributed by atoms with Gasteiger partial charge in [-0.15, -0.1) is 0 Å². The topological polar surface area (TPSA) is 127 Å². The standard InChI is InChI=1S/C11H10N6O/c12-9-7-8(15-11(14)16-9)5-3-1-2-4-6(5)17(18)10(7)13/h1-4,13,18H,(H4,12,14,15,16). The van der Waals surface area contributed by atoms with E-state index in [1.165, 1.54) is 0 Å². The molecule has 0 unspecified atom stereocenters. The SMILES string of the molecule is N=c1c2c(N)nc(N)nc2c2ccccc2n1O. The Morgan fingerprint density at radius 1 is 1.17 bits per heavy atom. The van der Waals surface area contributed by atoms with E-state index in [0.29, 0.717) is 16.4 Å². The molecular formula is C11H10N6O. The molecule has 0 aliphatic rings. The average molecular weight is 242 g/mol. The average Bonchev–Trinajstić information content (AvgIpc) is 2.35. The number of fused-ring (bicyclic) bond motifs is 3. The van der Waals surface area contributed by atoms with E-state index < -0.39 is 0 Å². The van der Waals surface area contributed by atoms with Gasteiger partial charge in [0.15, 0.2) is 5.49 Å². The Morgan fingerprint density at radius 2 is 1.89 bits per heavy atom. The predicted molar refractivity (Wildman–Crippen MR) is 66.9 cm³/mol. The number of nitrogen functional groups attached to an aromatic ring is 2. The molecule has 0 fully saturated rings. The van der Waals surface area contributed by atoms with Crippen molar-refractivity contribution >= 4 is 33.6 Å². The summed E-state index contributed by atoms with van der Waals surface area (Å²) >= 11 is 0. The summed E-state index contributed by atoms with van der Waals surface area (Å²) in [7, 11) is 0. The fourth-order valence-corrected chi connectivity index (χ4v) is 2.01. The lowest BCUT2D eigenvalue weighted by Gasteiger charge is -2.09. The van der Waals surface area contributed by atoms with Gasteiger partial charge in [-0.1, -0.05) is 18.2 Å². The van der Waals surface area contributed by atoms with Gasteiger partial charge in [-0.25, -0.2) is 4.98 Å². The van der Waals surface area contributed by atoms with Gasteiger partial charge in [0.05, 0.1) is 16.4 Å². The summed E-state index contributed by atoms with van der Waals surface area (Å²) in [5, 5.41) is 18.8. The van der Waals surface area contributed by atoms with Crippen LogP contribution in [0.5, 0.6) is 0 Å². The smallest absolute Gasteiger partial charge is 0.222 e. The number of rotatable bonds is 0. The maximum absolute atomic E-state index is 9.94. The zero-order chi connectivity index (χ0) is 12.9. The van der Waals surface area contributed by atoms with Crippen LogP contribution in [0.3, 0.4) is 0 Å². The summed E-state index contributed by atoms with van der Waals surface area (Å²) in [6.07, 6.45) is 0. The van der Waals surface area contributed by atoms with Crippen molar-refractivity contribution in [1.82, 2.24) is 14.7 Å². The second-order valence-corrected chi connectivity index (χ2v) is 3.87. The van der Waals surface area contributed by atoms with E-state index >= 15 is 0 Å². The zero-order valence-corrected chi connectivity index (χ0v) is 9.25. The van der Waals surface area contributed by atoms with Crippen LogP contribution in [-0.4, -0.2) is 19.9 Å². The molecule has 0 spiro atoms. The van der Waals surface area contributed by atoms with Gasteiger partial charge in [0, 0.05) is 5.39 Å². The molecule has 2 heterocycles. The molecule has 7 heteroatoms. The van der Waals surface area contributed by atoms with Gasteiger partial charge in [-0.2, -0.15) is 9.71 Å². The van der Waals surface area contributed by atoms with E-state index in [2.05, 4.69) is 9.97 Å². The third-order valence-corrected chi connectivity index (χ3v) is 2.79. The van der Waals surface area contributed by atoms with Crippen LogP contribution in [0, 0.1) is 5.41 Å². The molecule has 18 heavy (non-hydrogen) atoms. The third-order valence-electron chi connectivity index (χ3n) is 2.79. The highest BCUT2D eigenvalue weighted by atomic mass is 16.5. The summed E-state index contributed by atoms with van der Waals surface area (Å²) in [5.74, 6) is 0.122. The van der Waals surface area contributed by atoms with Crippen molar-refractivity contribution in [2.24, 2.45) is 0 Å². The first kappa shape index (κ1) is 10.3. The maximum atomic E-state index is 9.94. The van der Waals surface area contributed by atoms with Crippen molar-refractivity contribution in [3.63, 3.8) is 0 Å².